The summed E-state index contributed by atoms with van der Waals surface area (Å²) in [5, 5.41) is 7.12. The molecule has 0 aromatic rings. The quantitative estimate of drug-likeness (QED) is 0.630. The maximum atomic E-state index is 10.6. The highest BCUT2D eigenvalue weighted by Gasteiger charge is 2.38. The van der Waals surface area contributed by atoms with Crippen molar-refractivity contribution in [2.24, 2.45) is 0 Å². The van der Waals surface area contributed by atoms with Gasteiger partial charge in [-0.2, -0.15) is 13.2 Å². The maximum Gasteiger partial charge on any atom is 0.490 e. The summed E-state index contributed by atoms with van der Waals surface area (Å²) in [5.74, 6) is -2.76. The van der Waals surface area contributed by atoms with Gasteiger partial charge in [0.05, 0.1) is 0 Å². The molecule has 0 saturated heterocycles. The monoisotopic (exact) mass is 194 g/mol. The van der Waals surface area contributed by atoms with Gasteiger partial charge in [0.25, 0.3) is 0 Å². The summed E-state index contributed by atoms with van der Waals surface area (Å²) in [4.78, 5) is 8.90. The Morgan fingerprint density at radius 2 is 1.50 bits per heavy atom. The SMILES string of the molecule is Br.O=C(O)C(F)(F)F. The Kier molecular flexibility index (Phi) is 3.88. The Morgan fingerprint density at radius 1 is 1.38 bits per heavy atom. The van der Waals surface area contributed by atoms with Crippen LogP contribution in [0.4, 0.5) is 13.2 Å². The summed E-state index contributed by atoms with van der Waals surface area (Å²) < 4.78 is 31.7. The maximum absolute atomic E-state index is 10.6. The Morgan fingerprint density at radius 3 is 1.50 bits per heavy atom. The van der Waals surface area contributed by atoms with Crippen LogP contribution in [0.15, 0.2) is 0 Å². The van der Waals surface area contributed by atoms with Crippen molar-refractivity contribution in [2.75, 3.05) is 0 Å². The van der Waals surface area contributed by atoms with Crippen molar-refractivity contribution in [2.45, 2.75) is 6.18 Å². The lowest BCUT2D eigenvalue weighted by atomic mass is 10.7. The minimum atomic E-state index is -5.08. The zero-order chi connectivity index (χ0) is 6.08. The molecule has 8 heavy (non-hydrogen) atoms. The molecule has 0 aromatic carbocycles. The summed E-state index contributed by atoms with van der Waals surface area (Å²) in [7, 11) is 0. The first kappa shape index (κ1) is 10.7. The van der Waals surface area contributed by atoms with Crippen LogP contribution in [0, 0.1) is 0 Å². The van der Waals surface area contributed by atoms with Gasteiger partial charge in [0.2, 0.25) is 0 Å². The molecule has 2 nitrogen and oxygen atoms in total. The Balaban J connectivity index is 0. The predicted molar refractivity (Wildman–Crippen MR) is 24.0 cm³/mol. The number of carboxylic acids is 1. The van der Waals surface area contributed by atoms with Crippen LogP contribution in [-0.2, 0) is 4.79 Å². The lowest BCUT2D eigenvalue weighted by molar-refractivity contribution is -0.192. The summed E-state index contributed by atoms with van der Waals surface area (Å²) in [6.07, 6.45) is -5.08. The van der Waals surface area contributed by atoms with Crippen LogP contribution in [0.25, 0.3) is 0 Å². The van der Waals surface area contributed by atoms with E-state index in [0.29, 0.717) is 0 Å². The van der Waals surface area contributed by atoms with E-state index in [-0.39, 0.29) is 17.0 Å². The van der Waals surface area contributed by atoms with Crippen LogP contribution in [0.1, 0.15) is 0 Å². The van der Waals surface area contributed by atoms with E-state index >= 15 is 0 Å². The third-order valence-corrected chi connectivity index (χ3v) is 0.243. The normalized spacial score (nSPS) is 9.88. The lowest BCUT2D eigenvalue weighted by Gasteiger charge is -1.93. The van der Waals surface area contributed by atoms with Crippen molar-refractivity contribution >= 4 is 23.0 Å². The van der Waals surface area contributed by atoms with Crippen LogP contribution in [0.5, 0.6) is 0 Å². The number of carbonyl (C=O) groups is 1. The molecule has 0 heterocycles. The molecule has 0 aromatic heterocycles. The van der Waals surface area contributed by atoms with Gasteiger partial charge < -0.3 is 5.11 Å². The summed E-state index contributed by atoms with van der Waals surface area (Å²) >= 11 is 0. The molecular weight excluding hydrogens is 193 g/mol. The fourth-order valence-electron chi connectivity index (χ4n) is 0. The number of rotatable bonds is 0. The van der Waals surface area contributed by atoms with Gasteiger partial charge >= 0.3 is 12.1 Å². The molecule has 0 rings (SSSR count). The molecule has 1 N–H and O–H groups in total. The fourth-order valence-corrected chi connectivity index (χ4v) is 0. The molecule has 0 unspecified atom stereocenters. The van der Waals surface area contributed by atoms with E-state index in [1.54, 1.807) is 0 Å². The first-order chi connectivity index (χ1) is 2.94. The van der Waals surface area contributed by atoms with Crippen LogP contribution in [0.2, 0.25) is 0 Å². The van der Waals surface area contributed by atoms with Gasteiger partial charge in [0, 0.05) is 0 Å². The van der Waals surface area contributed by atoms with Gasteiger partial charge in [-0.1, -0.05) is 0 Å². The molecule has 50 valence electrons. The number of halogens is 4. The van der Waals surface area contributed by atoms with Crippen LogP contribution in [-0.4, -0.2) is 17.3 Å². The molecule has 0 bridgehead atoms. The molecule has 0 atom stereocenters. The van der Waals surface area contributed by atoms with Crippen LogP contribution < -0.4 is 0 Å². The molecule has 0 spiro atoms. The van der Waals surface area contributed by atoms with Crippen molar-refractivity contribution < 1.29 is 23.1 Å². The Hall–Kier alpha value is -0.260. The minimum Gasteiger partial charge on any atom is -0.475 e. The highest BCUT2D eigenvalue weighted by molar-refractivity contribution is 8.93. The highest BCUT2D eigenvalue weighted by Crippen LogP contribution is 2.13. The standard InChI is InChI=1S/C2HF3O2.BrH/c3-2(4,5)1(6)7;/h(H,6,7);1H. The topological polar surface area (TPSA) is 37.3 Å². The average molecular weight is 195 g/mol. The van der Waals surface area contributed by atoms with Crippen LogP contribution >= 0.6 is 17.0 Å². The largest absolute Gasteiger partial charge is 0.490 e. The molecule has 0 radical (unpaired) electrons. The molecular formula is C2H2BrF3O2. The summed E-state index contributed by atoms with van der Waals surface area (Å²) in [6, 6.07) is 0. The molecule has 6 heteroatoms. The smallest absolute Gasteiger partial charge is 0.475 e. The molecule has 0 aliphatic rings. The second-order valence-corrected chi connectivity index (χ2v) is 0.803. The van der Waals surface area contributed by atoms with E-state index in [1.807, 2.05) is 0 Å². The Labute approximate surface area is 53.1 Å². The van der Waals surface area contributed by atoms with Gasteiger partial charge in [0.15, 0.2) is 0 Å². The number of aliphatic carboxylic acids is 1. The number of hydrogen-bond acceptors (Lipinski definition) is 1. The van der Waals surface area contributed by atoms with Crippen molar-refractivity contribution in [3.8, 4) is 0 Å². The number of alkyl halides is 3. The molecule has 0 amide bonds. The third-order valence-electron chi connectivity index (χ3n) is 0.243. The third kappa shape index (κ3) is 3.91. The first-order valence-electron chi connectivity index (χ1n) is 1.24. The average Bonchev–Trinajstić information content (AvgIpc) is 1.31. The van der Waals surface area contributed by atoms with Gasteiger partial charge in [-0.15, -0.1) is 17.0 Å². The molecule has 0 aliphatic carbocycles. The Bertz CT molecular complexity index is 87.8. The van der Waals surface area contributed by atoms with E-state index in [4.69, 9.17) is 9.90 Å². The zero-order valence-electron chi connectivity index (χ0n) is 3.40. The van der Waals surface area contributed by atoms with Crippen molar-refractivity contribution in [1.82, 2.24) is 0 Å². The van der Waals surface area contributed by atoms with Crippen molar-refractivity contribution in [3.05, 3.63) is 0 Å². The van der Waals surface area contributed by atoms with E-state index in [2.05, 4.69) is 0 Å². The van der Waals surface area contributed by atoms with Gasteiger partial charge in [-0.3, -0.25) is 0 Å². The fraction of sp³-hybridized carbons (Fsp3) is 0.500. The first-order valence-corrected chi connectivity index (χ1v) is 1.24. The number of hydrogen-bond donors (Lipinski definition) is 1. The highest BCUT2D eigenvalue weighted by atomic mass is 79.9. The lowest BCUT2D eigenvalue weighted by Crippen LogP contribution is -2.21. The van der Waals surface area contributed by atoms with E-state index < -0.39 is 12.1 Å². The second-order valence-electron chi connectivity index (χ2n) is 0.803. The van der Waals surface area contributed by atoms with E-state index in [9.17, 15) is 13.2 Å². The summed E-state index contributed by atoms with van der Waals surface area (Å²) in [6.45, 7) is 0. The molecule has 0 saturated carbocycles. The van der Waals surface area contributed by atoms with Crippen LogP contribution in [0.3, 0.4) is 0 Å². The van der Waals surface area contributed by atoms with Gasteiger partial charge in [-0.05, 0) is 0 Å². The van der Waals surface area contributed by atoms with Gasteiger partial charge in [0.1, 0.15) is 0 Å². The summed E-state index contributed by atoms with van der Waals surface area (Å²) in [5.41, 5.74) is 0. The van der Waals surface area contributed by atoms with E-state index in [0.717, 1.165) is 0 Å². The zero-order valence-corrected chi connectivity index (χ0v) is 5.11. The second kappa shape index (κ2) is 2.91. The molecule has 0 aliphatic heterocycles. The number of carboxylic acid groups (broad SMARTS) is 1. The minimum absolute atomic E-state index is 0. The van der Waals surface area contributed by atoms with Crippen molar-refractivity contribution in [1.29, 1.82) is 0 Å². The van der Waals surface area contributed by atoms with Crippen molar-refractivity contribution in [3.63, 3.8) is 0 Å². The van der Waals surface area contributed by atoms with E-state index in [1.165, 1.54) is 0 Å². The molecule has 0 fully saturated rings. The van der Waals surface area contributed by atoms with Gasteiger partial charge in [-0.25, -0.2) is 4.79 Å². The predicted octanol–water partition coefficient (Wildman–Crippen LogP) is 1.21.